The molecule has 0 unspecified atom stereocenters. The number of imide groups is 1. The lowest BCUT2D eigenvalue weighted by atomic mass is 10.2. The molecular weight excluding hydrogens is 382 g/mol. The smallest absolute Gasteiger partial charge is 0.338 e. The van der Waals surface area contributed by atoms with Crippen molar-refractivity contribution in [3.05, 3.63) is 64.2 Å². The number of nitrogens with zero attached hydrogens (tertiary/aromatic N) is 2. The summed E-state index contributed by atoms with van der Waals surface area (Å²) < 4.78 is 4.92. The Labute approximate surface area is 164 Å². The Morgan fingerprint density at radius 3 is 2.34 bits per heavy atom. The SMILES string of the molecule is O=C(COC(=O)c1ccc(N2C(=O)CCC2=O)cc1)Nc1cccc([N+](=O)[O-])c1. The Bertz CT molecular complexity index is 985. The number of carbonyl (C=O) groups excluding carboxylic acids is 4. The zero-order chi connectivity index (χ0) is 21.0. The highest BCUT2D eigenvalue weighted by Crippen LogP contribution is 2.23. The molecule has 29 heavy (non-hydrogen) atoms. The van der Waals surface area contributed by atoms with Crippen LogP contribution in [0.3, 0.4) is 0 Å². The van der Waals surface area contributed by atoms with Gasteiger partial charge in [0.15, 0.2) is 6.61 Å². The Balaban J connectivity index is 1.56. The minimum absolute atomic E-state index is 0.135. The molecule has 0 atom stereocenters. The number of esters is 1. The molecule has 0 spiro atoms. The molecule has 1 saturated heterocycles. The van der Waals surface area contributed by atoms with Crippen LogP contribution in [-0.2, 0) is 19.1 Å². The van der Waals surface area contributed by atoms with Gasteiger partial charge in [0, 0.05) is 30.7 Å². The van der Waals surface area contributed by atoms with E-state index in [0.717, 1.165) is 4.90 Å². The molecule has 3 amide bonds. The van der Waals surface area contributed by atoms with E-state index in [9.17, 15) is 29.3 Å². The highest BCUT2D eigenvalue weighted by molar-refractivity contribution is 6.19. The lowest BCUT2D eigenvalue weighted by Gasteiger charge is -2.14. The standard InChI is InChI=1S/C19H15N3O7/c23-16(20-13-2-1-3-15(10-13)22(27)28)11-29-19(26)12-4-6-14(7-5-12)21-17(24)8-9-18(21)25/h1-7,10H,8-9,11H2,(H,20,23). The van der Waals surface area contributed by atoms with Crippen LogP contribution in [0.1, 0.15) is 23.2 Å². The third-order valence-corrected chi connectivity index (χ3v) is 4.09. The molecule has 2 aromatic carbocycles. The number of non-ortho nitro benzene ring substituents is 1. The van der Waals surface area contributed by atoms with Crippen molar-refractivity contribution in [2.24, 2.45) is 0 Å². The normalized spacial score (nSPS) is 13.3. The number of nitro benzene ring substituents is 1. The average molecular weight is 397 g/mol. The van der Waals surface area contributed by atoms with Crippen LogP contribution in [0.25, 0.3) is 0 Å². The molecule has 1 aliphatic heterocycles. The molecule has 0 radical (unpaired) electrons. The Morgan fingerprint density at radius 2 is 1.72 bits per heavy atom. The molecular formula is C19H15N3O7. The first-order chi connectivity index (χ1) is 13.8. The van der Waals surface area contributed by atoms with Gasteiger partial charge in [0.25, 0.3) is 11.6 Å². The number of nitro groups is 1. The third kappa shape index (κ3) is 4.61. The summed E-state index contributed by atoms with van der Waals surface area (Å²) in [5, 5.41) is 13.1. The monoisotopic (exact) mass is 397 g/mol. The zero-order valence-corrected chi connectivity index (χ0v) is 15.0. The summed E-state index contributed by atoms with van der Waals surface area (Å²) in [5.74, 6) is -2.04. The van der Waals surface area contributed by atoms with Gasteiger partial charge in [-0.3, -0.25) is 29.4 Å². The van der Waals surface area contributed by atoms with Crippen molar-refractivity contribution >= 4 is 40.8 Å². The molecule has 1 N–H and O–H groups in total. The molecule has 3 rings (SSSR count). The van der Waals surface area contributed by atoms with Crippen molar-refractivity contribution in [2.75, 3.05) is 16.8 Å². The lowest BCUT2D eigenvalue weighted by molar-refractivity contribution is -0.384. The van der Waals surface area contributed by atoms with Crippen LogP contribution in [0, 0.1) is 10.1 Å². The Kier molecular flexibility index (Phi) is 5.63. The molecule has 148 valence electrons. The van der Waals surface area contributed by atoms with E-state index >= 15 is 0 Å². The fourth-order valence-corrected chi connectivity index (χ4v) is 2.72. The van der Waals surface area contributed by atoms with E-state index in [1.54, 1.807) is 0 Å². The first-order valence-electron chi connectivity index (χ1n) is 8.52. The van der Waals surface area contributed by atoms with Gasteiger partial charge in [-0.15, -0.1) is 0 Å². The van der Waals surface area contributed by atoms with Crippen LogP contribution in [0.5, 0.6) is 0 Å². The maximum atomic E-state index is 12.1. The summed E-state index contributed by atoms with van der Waals surface area (Å²) in [6.07, 6.45) is 0.310. The van der Waals surface area contributed by atoms with E-state index in [1.807, 2.05) is 0 Å². The van der Waals surface area contributed by atoms with Crippen LogP contribution in [0.2, 0.25) is 0 Å². The van der Waals surface area contributed by atoms with E-state index in [1.165, 1.54) is 48.5 Å². The maximum absolute atomic E-state index is 12.1. The van der Waals surface area contributed by atoms with Gasteiger partial charge in [-0.2, -0.15) is 0 Å². The summed E-state index contributed by atoms with van der Waals surface area (Å²) in [5.41, 5.74) is 0.507. The molecule has 0 aromatic heterocycles. The van der Waals surface area contributed by atoms with E-state index in [0.29, 0.717) is 5.69 Å². The summed E-state index contributed by atoms with van der Waals surface area (Å²) in [4.78, 5) is 58.6. The first-order valence-corrected chi connectivity index (χ1v) is 8.52. The molecule has 1 aliphatic rings. The van der Waals surface area contributed by atoms with Gasteiger partial charge in [-0.1, -0.05) is 6.07 Å². The molecule has 1 heterocycles. The van der Waals surface area contributed by atoms with Crippen LogP contribution in [0.4, 0.5) is 17.1 Å². The van der Waals surface area contributed by atoms with Crippen molar-refractivity contribution < 1.29 is 28.8 Å². The number of anilines is 2. The number of hydrogen-bond donors (Lipinski definition) is 1. The number of ether oxygens (including phenoxy) is 1. The van der Waals surface area contributed by atoms with Gasteiger partial charge < -0.3 is 10.1 Å². The molecule has 0 aliphatic carbocycles. The van der Waals surface area contributed by atoms with Crippen LogP contribution in [-0.4, -0.2) is 35.2 Å². The summed E-state index contributed by atoms with van der Waals surface area (Å²) >= 11 is 0. The van der Waals surface area contributed by atoms with Crippen molar-refractivity contribution in [1.29, 1.82) is 0 Å². The number of nitrogens with one attached hydrogen (secondary N) is 1. The third-order valence-electron chi connectivity index (χ3n) is 4.09. The second kappa shape index (κ2) is 8.30. The number of amides is 3. The highest BCUT2D eigenvalue weighted by Gasteiger charge is 2.30. The second-order valence-corrected chi connectivity index (χ2v) is 6.10. The summed E-state index contributed by atoms with van der Waals surface area (Å²) in [6.45, 7) is -0.591. The largest absolute Gasteiger partial charge is 0.452 e. The maximum Gasteiger partial charge on any atom is 0.338 e. The second-order valence-electron chi connectivity index (χ2n) is 6.10. The average Bonchev–Trinajstić information content (AvgIpc) is 3.04. The van der Waals surface area contributed by atoms with Crippen LogP contribution in [0.15, 0.2) is 48.5 Å². The Morgan fingerprint density at radius 1 is 1.07 bits per heavy atom. The fraction of sp³-hybridized carbons (Fsp3) is 0.158. The van der Waals surface area contributed by atoms with Gasteiger partial charge in [0.1, 0.15) is 0 Å². The van der Waals surface area contributed by atoms with Gasteiger partial charge >= 0.3 is 5.97 Å². The van der Waals surface area contributed by atoms with E-state index in [-0.39, 0.29) is 41.6 Å². The summed E-state index contributed by atoms with van der Waals surface area (Å²) in [7, 11) is 0. The molecule has 10 heteroatoms. The number of benzene rings is 2. The number of rotatable bonds is 6. The van der Waals surface area contributed by atoms with E-state index < -0.39 is 23.4 Å². The predicted octanol–water partition coefficient (Wildman–Crippen LogP) is 2.04. The van der Waals surface area contributed by atoms with Gasteiger partial charge in [-0.25, -0.2) is 4.79 Å². The molecule has 0 bridgehead atoms. The van der Waals surface area contributed by atoms with Crippen LogP contribution < -0.4 is 10.2 Å². The topological polar surface area (TPSA) is 136 Å². The molecule has 0 saturated carbocycles. The molecule has 10 nitrogen and oxygen atoms in total. The van der Waals surface area contributed by atoms with Gasteiger partial charge in [0.05, 0.1) is 16.2 Å². The zero-order valence-electron chi connectivity index (χ0n) is 15.0. The Hall–Kier alpha value is -4.08. The van der Waals surface area contributed by atoms with Gasteiger partial charge in [0.2, 0.25) is 11.8 Å². The summed E-state index contributed by atoms with van der Waals surface area (Å²) in [6, 6.07) is 11.0. The quantitative estimate of drug-likeness (QED) is 0.341. The van der Waals surface area contributed by atoms with Crippen molar-refractivity contribution in [2.45, 2.75) is 12.8 Å². The van der Waals surface area contributed by atoms with Gasteiger partial charge in [-0.05, 0) is 30.3 Å². The van der Waals surface area contributed by atoms with E-state index in [4.69, 9.17) is 4.74 Å². The van der Waals surface area contributed by atoms with E-state index in [2.05, 4.69) is 5.32 Å². The molecule has 1 fully saturated rings. The van der Waals surface area contributed by atoms with Crippen molar-refractivity contribution in [3.8, 4) is 0 Å². The lowest BCUT2D eigenvalue weighted by Crippen LogP contribution is -2.28. The fourth-order valence-electron chi connectivity index (χ4n) is 2.72. The number of carbonyl (C=O) groups is 4. The highest BCUT2D eigenvalue weighted by atomic mass is 16.6. The minimum Gasteiger partial charge on any atom is -0.452 e. The predicted molar refractivity (Wildman–Crippen MR) is 100 cm³/mol. The minimum atomic E-state index is -0.773. The number of hydrogen-bond acceptors (Lipinski definition) is 7. The van der Waals surface area contributed by atoms with Crippen molar-refractivity contribution in [1.82, 2.24) is 0 Å². The van der Waals surface area contributed by atoms with Crippen molar-refractivity contribution in [3.63, 3.8) is 0 Å². The molecule has 2 aromatic rings. The van der Waals surface area contributed by atoms with Crippen LogP contribution >= 0.6 is 0 Å². The first kappa shape index (κ1) is 19.7.